The minimum absolute atomic E-state index is 0.149. The maximum atomic E-state index is 6.30. The van der Waals surface area contributed by atoms with Crippen LogP contribution >= 0.6 is 31.9 Å². The van der Waals surface area contributed by atoms with Crippen molar-refractivity contribution in [3.63, 3.8) is 0 Å². The summed E-state index contributed by atoms with van der Waals surface area (Å²) in [6.07, 6.45) is 0. The lowest BCUT2D eigenvalue weighted by Crippen LogP contribution is -2.11. The van der Waals surface area contributed by atoms with Crippen LogP contribution in [0.1, 0.15) is 24.1 Å². The van der Waals surface area contributed by atoms with Crippen molar-refractivity contribution in [2.75, 3.05) is 6.61 Å². The first-order valence-electron chi connectivity index (χ1n) is 6.04. The van der Waals surface area contributed by atoms with Gasteiger partial charge in [0.1, 0.15) is 5.75 Å². The third kappa shape index (κ3) is 3.81. The molecule has 0 aliphatic heterocycles. The molecule has 1 unspecified atom stereocenters. The van der Waals surface area contributed by atoms with Crippen molar-refractivity contribution in [2.24, 2.45) is 5.73 Å². The van der Waals surface area contributed by atoms with Crippen molar-refractivity contribution in [1.82, 2.24) is 0 Å². The van der Waals surface area contributed by atoms with E-state index in [-0.39, 0.29) is 6.04 Å². The van der Waals surface area contributed by atoms with Gasteiger partial charge in [0.15, 0.2) is 0 Å². The van der Waals surface area contributed by atoms with Crippen molar-refractivity contribution >= 4 is 31.9 Å². The lowest BCUT2D eigenvalue weighted by molar-refractivity contribution is 0.340. The molecule has 1 atom stereocenters. The molecule has 2 nitrogen and oxygen atoms in total. The summed E-state index contributed by atoms with van der Waals surface area (Å²) in [6, 6.07) is 13.8. The van der Waals surface area contributed by atoms with Gasteiger partial charge in [0, 0.05) is 8.95 Å². The van der Waals surface area contributed by atoms with Gasteiger partial charge in [-0.2, -0.15) is 0 Å². The zero-order chi connectivity index (χ0) is 13.8. The van der Waals surface area contributed by atoms with Gasteiger partial charge in [-0.05, 0) is 48.4 Å². The molecule has 0 radical (unpaired) electrons. The van der Waals surface area contributed by atoms with Crippen molar-refractivity contribution in [3.8, 4) is 5.75 Å². The van der Waals surface area contributed by atoms with Gasteiger partial charge in [0.05, 0.1) is 12.6 Å². The average molecular weight is 385 g/mol. The van der Waals surface area contributed by atoms with Gasteiger partial charge in [0.25, 0.3) is 0 Å². The second-order valence-electron chi connectivity index (χ2n) is 4.18. The summed E-state index contributed by atoms with van der Waals surface area (Å²) < 4.78 is 7.45. The Kier molecular flexibility index (Phi) is 5.02. The van der Waals surface area contributed by atoms with Gasteiger partial charge >= 0.3 is 0 Å². The molecule has 2 aromatic rings. The molecule has 0 saturated heterocycles. The van der Waals surface area contributed by atoms with E-state index in [1.165, 1.54) is 0 Å². The second kappa shape index (κ2) is 6.55. The van der Waals surface area contributed by atoms with E-state index in [0.717, 1.165) is 25.8 Å². The van der Waals surface area contributed by atoms with Crippen LogP contribution in [0.3, 0.4) is 0 Å². The Balaban J connectivity index is 2.25. The van der Waals surface area contributed by atoms with E-state index in [9.17, 15) is 0 Å². The van der Waals surface area contributed by atoms with Crippen LogP contribution in [-0.2, 0) is 0 Å². The van der Waals surface area contributed by atoms with E-state index in [1.54, 1.807) is 0 Å². The second-order valence-corrected chi connectivity index (χ2v) is 6.01. The van der Waals surface area contributed by atoms with Crippen LogP contribution in [0.4, 0.5) is 0 Å². The molecule has 2 rings (SSSR count). The SMILES string of the molecule is CCOc1ccc(C(N)c2cc(Br)cc(Br)c2)cc1. The van der Waals surface area contributed by atoms with Crippen molar-refractivity contribution in [1.29, 1.82) is 0 Å². The van der Waals surface area contributed by atoms with Crippen LogP contribution in [0, 0.1) is 0 Å². The topological polar surface area (TPSA) is 35.2 Å². The standard InChI is InChI=1S/C15H15Br2NO/c1-2-19-14-5-3-10(4-6-14)15(18)11-7-12(16)9-13(17)8-11/h3-9,15H,2,18H2,1H3. The molecule has 0 amide bonds. The molecule has 100 valence electrons. The predicted octanol–water partition coefficient (Wildman–Crippen LogP) is 4.66. The Morgan fingerprint density at radius 3 is 2.11 bits per heavy atom. The molecule has 0 bridgehead atoms. The first kappa shape index (κ1) is 14.6. The number of hydrogen-bond donors (Lipinski definition) is 1. The van der Waals surface area contributed by atoms with Crippen molar-refractivity contribution in [3.05, 3.63) is 62.5 Å². The molecule has 0 saturated carbocycles. The molecule has 0 fully saturated rings. The molecule has 0 heterocycles. The Labute approximate surface area is 130 Å². The summed E-state index contributed by atoms with van der Waals surface area (Å²) in [4.78, 5) is 0. The van der Waals surface area contributed by atoms with Gasteiger partial charge in [-0.25, -0.2) is 0 Å². The van der Waals surface area contributed by atoms with E-state index in [2.05, 4.69) is 31.9 Å². The number of halogens is 2. The Morgan fingerprint density at radius 1 is 1.00 bits per heavy atom. The highest BCUT2D eigenvalue weighted by atomic mass is 79.9. The highest BCUT2D eigenvalue weighted by Crippen LogP contribution is 2.27. The van der Waals surface area contributed by atoms with Crippen LogP contribution in [0.5, 0.6) is 5.75 Å². The van der Waals surface area contributed by atoms with Gasteiger partial charge < -0.3 is 10.5 Å². The largest absolute Gasteiger partial charge is 0.494 e. The van der Waals surface area contributed by atoms with E-state index in [0.29, 0.717) is 6.61 Å². The Morgan fingerprint density at radius 2 is 1.58 bits per heavy atom. The molecule has 0 aliphatic rings. The average Bonchev–Trinajstić information content (AvgIpc) is 2.38. The smallest absolute Gasteiger partial charge is 0.119 e. The van der Waals surface area contributed by atoms with Gasteiger partial charge in [-0.1, -0.05) is 44.0 Å². The third-order valence-corrected chi connectivity index (χ3v) is 3.71. The maximum absolute atomic E-state index is 6.30. The quantitative estimate of drug-likeness (QED) is 0.831. The first-order valence-corrected chi connectivity index (χ1v) is 7.63. The summed E-state index contributed by atoms with van der Waals surface area (Å²) >= 11 is 6.96. The van der Waals surface area contributed by atoms with E-state index in [4.69, 9.17) is 10.5 Å². The normalized spacial score (nSPS) is 12.2. The van der Waals surface area contributed by atoms with E-state index >= 15 is 0 Å². The summed E-state index contributed by atoms with van der Waals surface area (Å²) in [5.41, 5.74) is 8.42. The predicted molar refractivity (Wildman–Crippen MR) is 85.5 cm³/mol. The molecular formula is C15H15Br2NO. The molecule has 2 N–H and O–H groups in total. The highest BCUT2D eigenvalue weighted by molar-refractivity contribution is 9.11. The fourth-order valence-electron chi connectivity index (χ4n) is 1.89. The zero-order valence-electron chi connectivity index (χ0n) is 10.6. The molecule has 2 aromatic carbocycles. The summed E-state index contributed by atoms with van der Waals surface area (Å²) in [7, 11) is 0. The molecule has 0 spiro atoms. The lowest BCUT2D eigenvalue weighted by Gasteiger charge is -2.14. The van der Waals surface area contributed by atoms with Crippen LogP contribution in [0.15, 0.2) is 51.4 Å². The maximum Gasteiger partial charge on any atom is 0.119 e. The number of benzene rings is 2. The van der Waals surface area contributed by atoms with E-state index < -0.39 is 0 Å². The number of ether oxygens (including phenoxy) is 1. The highest BCUT2D eigenvalue weighted by Gasteiger charge is 2.10. The first-order chi connectivity index (χ1) is 9.10. The number of hydrogen-bond acceptors (Lipinski definition) is 2. The molecular weight excluding hydrogens is 370 g/mol. The number of rotatable bonds is 4. The molecule has 4 heteroatoms. The van der Waals surface area contributed by atoms with Gasteiger partial charge in [-0.15, -0.1) is 0 Å². The van der Waals surface area contributed by atoms with Crippen molar-refractivity contribution in [2.45, 2.75) is 13.0 Å². The van der Waals surface area contributed by atoms with Crippen LogP contribution in [0.25, 0.3) is 0 Å². The monoisotopic (exact) mass is 383 g/mol. The molecule has 19 heavy (non-hydrogen) atoms. The summed E-state index contributed by atoms with van der Waals surface area (Å²) in [5, 5.41) is 0. The Bertz CT molecular complexity index is 534. The fourth-order valence-corrected chi connectivity index (χ4v) is 3.21. The fraction of sp³-hybridized carbons (Fsp3) is 0.200. The van der Waals surface area contributed by atoms with Crippen LogP contribution in [-0.4, -0.2) is 6.61 Å². The third-order valence-electron chi connectivity index (χ3n) is 2.79. The van der Waals surface area contributed by atoms with E-state index in [1.807, 2.05) is 49.4 Å². The van der Waals surface area contributed by atoms with Crippen LogP contribution < -0.4 is 10.5 Å². The summed E-state index contributed by atoms with van der Waals surface area (Å²) in [5.74, 6) is 0.869. The summed E-state index contributed by atoms with van der Waals surface area (Å²) in [6.45, 7) is 2.64. The van der Waals surface area contributed by atoms with Gasteiger partial charge in [-0.3, -0.25) is 0 Å². The molecule has 0 aromatic heterocycles. The minimum Gasteiger partial charge on any atom is -0.494 e. The van der Waals surface area contributed by atoms with Crippen molar-refractivity contribution < 1.29 is 4.74 Å². The Hall–Kier alpha value is -0.840. The molecule has 0 aliphatic carbocycles. The zero-order valence-corrected chi connectivity index (χ0v) is 13.7. The van der Waals surface area contributed by atoms with Gasteiger partial charge in [0.2, 0.25) is 0 Å². The number of nitrogens with two attached hydrogens (primary N) is 1. The lowest BCUT2D eigenvalue weighted by atomic mass is 10.00. The van der Waals surface area contributed by atoms with Crippen LogP contribution in [0.2, 0.25) is 0 Å². The minimum atomic E-state index is -0.149.